The SMILES string of the molecule is CCc1c(C)sc2nc(-c3cccc(C)c3)[nH]c(=S)c12. The lowest BCUT2D eigenvalue weighted by Gasteiger charge is -2.03. The molecule has 0 amide bonds. The average molecular weight is 300 g/mol. The molecule has 0 spiro atoms. The summed E-state index contributed by atoms with van der Waals surface area (Å²) in [6.07, 6.45) is 0.995. The number of nitrogens with zero attached hydrogens (tertiary/aromatic N) is 1. The molecular formula is C16H16N2S2. The molecule has 102 valence electrons. The fourth-order valence-electron chi connectivity index (χ4n) is 2.53. The first-order valence-electron chi connectivity index (χ1n) is 6.69. The predicted molar refractivity (Wildman–Crippen MR) is 89.1 cm³/mol. The second-order valence-corrected chi connectivity index (χ2v) is 6.57. The Hall–Kier alpha value is -1.52. The van der Waals surface area contributed by atoms with Crippen molar-refractivity contribution >= 4 is 33.8 Å². The number of nitrogens with one attached hydrogen (secondary N) is 1. The van der Waals surface area contributed by atoms with Gasteiger partial charge in [-0.3, -0.25) is 0 Å². The molecule has 3 aromatic rings. The fourth-order valence-corrected chi connectivity index (χ4v) is 4.04. The molecule has 0 radical (unpaired) electrons. The van der Waals surface area contributed by atoms with Crippen LogP contribution in [0, 0.1) is 18.5 Å². The van der Waals surface area contributed by atoms with Crippen molar-refractivity contribution in [3.8, 4) is 11.4 Å². The van der Waals surface area contributed by atoms with E-state index in [-0.39, 0.29) is 0 Å². The van der Waals surface area contributed by atoms with Crippen LogP contribution in [0.1, 0.15) is 22.9 Å². The molecule has 2 aromatic heterocycles. The van der Waals surface area contributed by atoms with Crippen LogP contribution >= 0.6 is 23.6 Å². The van der Waals surface area contributed by atoms with Crippen LogP contribution in [0.4, 0.5) is 0 Å². The van der Waals surface area contributed by atoms with E-state index in [1.165, 1.54) is 16.0 Å². The maximum atomic E-state index is 5.55. The van der Waals surface area contributed by atoms with Gasteiger partial charge in [-0.15, -0.1) is 11.3 Å². The first kappa shape index (κ1) is 13.5. The number of benzene rings is 1. The van der Waals surface area contributed by atoms with Crippen LogP contribution in [0.3, 0.4) is 0 Å². The van der Waals surface area contributed by atoms with Gasteiger partial charge in [0.1, 0.15) is 15.3 Å². The number of fused-ring (bicyclic) bond motifs is 1. The van der Waals surface area contributed by atoms with Crippen LogP contribution in [0.15, 0.2) is 24.3 Å². The second kappa shape index (κ2) is 5.11. The molecule has 0 unspecified atom stereocenters. The zero-order chi connectivity index (χ0) is 14.3. The highest BCUT2D eigenvalue weighted by Gasteiger charge is 2.12. The molecule has 1 aromatic carbocycles. The summed E-state index contributed by atoms with van der Waals surface area (Å²) in [6.45, 7) is 6.39. The standard InChI is InChI=1S/C16H16N2S2/c1-4-12-10(3)20-16-13(12)15(19)17-14(18-16)11-7-5-6-9(2)8-11/h5-8H,4H2,1-3H3,(H,17,18,19). The van der Waals surface area contributed by atoms with Crippen LogP contribution in [-0.2, 0) is 6.42 Å². The van der Waals surface area contributed by atoms with Gasteiger partial charge < -0.3 is 4.98 Å². The van der Waals surface area contributed by atoms with Gasteiger partial charge in [0.2, 0.25) is 0 Å². The van der Waals surface area contributed by atoms with Gasteiger partial charge >= 0.3 is 0 Å². The first-order chi connectivity index (χ1) is 9.60. The molecule has 0 fully saturated rings. The molecule has 0 atom stereocenters. The van der Waals surface area contributed by atoms with Crippen molar-refractivity contribution in [2.24, 2.45) is 0 Å². The summed E-state index contributed by atoms with van der Waals surface area (Å²) < 4.78 is 0.799. The average Bonchev–Trinajstić information content (AvgIpc) is 2.74. The molecule has 20 heavy (non-hydrogen) atoms. The van der Waals surface area contributed by atoms with Crippen LogP contribution in [0.2, 0.25) is 0 Å². The Morgan fingerprint density at radius 2 is 2.10 bits per heavy atom. The van der Waals surface area contributed by atoms with E-state index in [4.69, 9.17) is 17.2 Å². The lowest BCUT2D eigenvalue weighted by molar-refractivity contribution is 1.14. The molecule has 2 nitrogen and oxygen atoms in total. The van der Waals surface area contributed by atoms with Gasteiger partial charge in [-0.25, -0.2) is 4.98 Å². The summed E-state index contributed by atoms with van der Waals surface area (Å²) in [4.78, 5) is 10.4. The van der Waals surface area contributed by atoms with Crippen LogP contribution in [0.25, 0.3) is 21.6 Å². The van der Waals surface area contributed by atoms with Crippen molar-refractivity contribution in [2.45, 2.75) is 27.2 Å². The van der Waals surface area contributed by atoms with E-state index in [9.17, 15) is 0 Å². The van der Waals surface area contributed by atoms with E-state index >= 15 is 0 Å². The van der Waals surface area contributed by atoms with Crippen LogP contribution in [0.5, 0.6) is 0 Å². The Labute approximate surface area is 127 Å². The molecule has 0 aliphatic carbocycles. The summed E-state index contributed by atoms with van der Waals surface area (Å²) in [6, 6.07) is 8.32. The minimum atomic E-state index is 0.799. The fraction of sp³-hybridized carbons (Fsp3) is 0.250. The quantitative estimate of drug-likeness (QED) is 0.659. The molecule has 4 heteroatoms. The number of aryl methyl sites for hydroxylation is 3. The Kier molecular flexibility index (Phi) is 3.44. The highest BCUT2D eigenvalue weighted by atomic mass is 32.1. The molecule has 0 aliphatic rings. The summed E-state index contributed by atoms with van der Waals surface area (Å²) in [5, 5.41) is 1.13. The maximum absolute atomic E-state index is 5.55. The van der Waals surface area contributed by atoms with Gasteiger partial charge in [0.25, 0.3) is 0 Å². The minimum Gasteiger partial charge on any atom is -0.330 e. The molecule has 0 saturated heterocycles. The van der Waals surface area contributed by atoms with Gasteiger partial charge in [0.05, 0.1) is 0 Å². The molecule has 3 rings (SSSR count). The summed E-state index contributed by atoms with van der Waals surface area (Å²) in [5.74, 6) is 0.857. The van der Waals surface area contributed by atoms with Crippen LogP contribution in [-0.4, -0.2) is 9.97 Å². The lowest BCUT2D eigenvalue weighted by Crippen LogP contribution is -1.91. The van der Waals surface area contributed by atoms with Gasteiger partial charge in [-0.05, 0) is 31.9 Å². The van der Waals surface area contributed by atoms with E-state index < -0.39 is 0 Å². The molecule has 1 N–H and O–H groups in total. The van der Waals surface area contributed by atoms with Gasteiger partial charge in [0, 0.05) is 15.8 Å². The van der Waals surface area contributed by atoms with E-state index in [1.54, 1.807) is 11.3 Å². The molecule has 2 heterocycles. The highest BCUT2D eigenvalue weighted by Crippen LogP contribution is 2.31. The van der Waals surface area contributed by atoms with E-state index in [2.05, 4.69) is 44.0 Å². The number of rotatable bonds is 2. The van der Waals surface area contributed by atoms with E-state index in [0.29, 0.717) is 0 Å². The molecule has 0 bridgehead atoms. The van der Waals surface area contributed by atoms with Crippen molar-refractivity contribution in [1.29, 1.82) is 0 Å². The topological polar surface area (TPSA) is 28.7 Å². The largest absolute Gasteiger partial charge is 0.330 e. The summed E-state index contributed by atoms with van der Waals surface area (Å²) in [7, 11) is 0. The molecular weight excluding hydrogens is 284 g/mol. The Morgan fingerprint density at radius 1 is 1.30 bits per heavy atom. The zero-order valence-corrected chi connectivity index (χ0v) is 13.4. The monoisotopic (exact) mass is 300 g/mol. The van der Waals surface area contributed by atoms with Crippen molar-refractivity contribution in [3.05, 3.63) is 44.9 Å². The summed E-state index contributed by atoms with van der Waals surface area (Å²) in [5.41, 5.74) is 3.64. The van der Waals surface area contributed by atoms with Crippen molar-refractivity contribution < 1.29 is 0 Å². The third-order valence-electron chi connectivity index (χ3n) is 3.51. The van der Waals surface area contributed by atoms with E-state index in [1.807, 2.05) is 6.07 Å². The molecule has 0 saturated carbocycles. The zero-order valence-electron chi connectivity index (χ0n) is 11.8. The summed E-state index contributed by atoms with van der Waals surface area (Å²) >= 11 is 7.29. The third-order valence-corrected chi connectivity index (χ3v) is 4.86. The van der Waals surface area contributed by atoms with Gasteiger partial charge in [0.15, 0.2) is 0 Å². The van der Waals surface area contributed by atoms with Crippen molar-refractivity contribution in [2.75, 3.05) is 0 Å². The Bertz CT molecular complexity index is 843. The van der Waals surface area contributed by atoms with Gasteiger partial charge in [-0.1, -0.05) is 42.9 Å². The second-order valence-electron chi connectivity index (χ2n) is 4.95. The Morgan fingerprint density at radius 3 is 2.80 bits per heavy atom. The minimum absolute atomic E-state index is 0.799. The number of thiophene rings is 1. The normalized spacial score (nSPS) is 11.2. The van der Waals surface area contributed by atoms with Crippen LogP contribution < -0.4 is 0 Å². The van der Waals surface area contributed by atoms with Crippen molar-refractivity contribution in [3.63, 3.8) is 0 Å². The first-order valence-corrected chi connectivity index (χ1v) is 7.92. The lowest BCUT2D eigenvalue weighted by atomic mass is 10.1. The smallest absolute Gasteiger partial charge is 0.140 e. The number of aromatic amines is 1. The predicted octanol–water partition coefficient (Wildman–Crippen LogP) is 5.20. The highest BCUT2D eigenvalue weighted by molar-refractivity contribution is 7.71. The number of H-pyrrole nitrogens is 1. The third kappa shape index (κ3) is 2.19. The number of hydrogen-bond donors (Lipinski definition) is 1. The van der Waals surface area contributed by atoms with E-state index in [0.717, 1.165) is 32.7 Å². The van der Waals surface area contributed by atoms with Gasteiger partial charge in [-0.2, -0.15) is 0 Å². The number of aromatic nitrogens is 2. The molecule has 0 aliphatic heterocycles. The number of hydrogen-bond acceptors (Lipinski definition) is 3. The maximum Gasteiger partial charge on any atom is 0.140 e. The van der Waals surface area contributed by atoms with Crippen molar-refractivity contribution in [1.82, 2.24) is 9.97 Å². The Balaban J connectivity index is 2.28.